The first-order chi connectivity index (χ1) is 9.65. The maximum atomic E-state index is 9.84. The maximum Gasteiger partial charge on any atom is 0.161 e. The molecule has 0 radical (unpaired) electrons. The molecular weight excluding hydrogens is 250 g/mol. The van der Waals surface area contributed by atoms with Crippen LogP contribution in [-0.2, 0) is 6.42 Å². The van der Waals surface area contributed by atoms with E-state index >= 15 is 0 Å². The van der Waals surface area contributed by atoms with Crippen molar-refractivity contribution in [1.82, 2.24) is 4.90 Å². The Labute approximate surface area is 119 Å². The molecule has 0 aromatic heterocycles. The highest BCUT2D eigenvalue weighted by molar-refractivity contribution is 5.90. The zero-order valence-electron chi connectivity index (χ0n) is 11.9. The van der Waals surface area contributed by atoms with Crippen LogP contribution in [0.4, 0.5) is 0 Å². The van der Waals surface area contributed by atoms with Gasteiger partial charge < -0.3 is 15.1 Å². The minimum absolute atomic E-state index is 0.00538. The van der Waals surface area contributed by atoms with Crippen LogP contribution in [0.15, 0.2) is 24.3 Å². The summed E-state index contributed by atoms with van der Waals surface area (Å²) in [4.78, 5) is 2.51. The van der Waals surface area contributed by atoms with Gasteiger partial charge in [-0.1, -0.05) is 18.2 Å². The van der Waals surface area contributed by atoms with Crippen molar-refractivity contribution >= 4 is 10.8 Å². The van der Waals surface area contributed by atoms with Crippen LogP contribution in [0.25, 0.3) is 10.8 Å². The second kappa shape index (κ2) is 5.33. The third-order valence-corrected chi connectivity index (χ3v) is 4.33. The molecule has 0 aliphatic carbocycles. The summed E-state index contributed by atoms with van der Waals surface area (Å²) < 4.78 is 0. The molecular formula is C17H21NO2. The monoisotopic (exact) mass is 271 g/mol. The first kappa shape index (κ1) is 13.3. The van der Waals surface area contributed by atoms with Crippen molar-refractivity contribution in [1.29, 1.82) is 0 Å². The first-order valence-corrected chi connectivity index (χ1v) is 7.31. The van der Waals surface area contributed by atoms with Gasteiger partial charge in [-0.2, -0.15) is 0 Å². The Kier molecular flexibility index (Phi) is 3.53. The van der Waals surface area contributed by atoms with Crippen molar-refractivity contribution in [2.24, 2.45) is 0 Å². The van der Waals surface area contributed by atoms with Gasteiger partial charge in [-0.05, 0) is 61.7 Å². The second-order valence-corrected chi connectivity index (χ2v) is 5.72. The number of hydrogen-bond donors (Lipinski definition) is 2. The van der Waals surface area contributed by atoms with E-state index in [1.54, 1.807) is 6.07 Å². The number of benzene rings is 2. The maximum absolute atomic E-state index is 9.84. The summed E-state index contributed by atoms with van der Waals surface area (Å²) in [6, 6.07) is 7.91. The summed E-state index contributed by atoms with van der Waals surface area (Å²) in [7, 11) is 0. The lowest BCUT2D eigenvalue weighted by Gasteiger charge is -2.15. The zero-order valence-corrected chi connectivity index (χ0v) is 11.9. The van der Waals surface area contributed by atoms with Crippen molar-refractivity contribution < 1.29 is 10.2 Å². The Morgan fingerprint density at radius 2 is 1.85 bits per heavy atom. The van der Waals surface area contributed by atoms with Gasteiger partial charge in [0.15, 0.2) is 11.5 Å². The Hall–Kier alpha value is -1.74. The van der Waals surface area contributed by atoms with Crippen LogP contribution in [0, 0.1) is 6.92 Å². The van der Waals surface area contributed by atoms with E-state index in [0.29, 0.717) is 0 Å². The van der Waals surface area contributed by atoms with Crippen molar-refractivity contribution in [2.45, 2.75) is 26.2 Å². The van der Waals surface area contributed by atoms with Crippen molar-refractivity contribution in [3.05, 3.63) is 35.4 Å². The average Bonchev–Trinajstić information content (AvgIpc) is 2.96. The average molecular weight is 271 g/mol. The number of phenolic OH excluding ortho intramolecular Hbond substituents is 2. The van der Waals surface area contributed by atoms with Gasteiger partial charge in [-0.3, -0.25) is 0 Å². The fraction of sp³-hybridized carbons (Fsp3) is 0.412. The van der Waals surface area contributed by atoms with E-state index in [2.05, 4.69) is 17.0 Å². The lowest BCUT2D eigenvalue weighted by atomic mass is 10.00. The molecule has 0 unspecified atom stereocenters. The van der Waals surface area contributed by atoms with Crippen molar-refractivity contribution in [3.8, 4) is 11.5 Å². The molecule has 0 amide bonds. The molecule has 1 aliphatic rings. The normalized spacial score (nSPS) is 16.1. The third-order valence-electron chi connectivity index (χ3n) is 4.33. The second-order valence-electron chi connectivity index (χ2n) is 5.72. The van der Waals surface area contributed by atoms with Crippen LogP contribution in [0.1, 0.15) is 24.0 Å². The molecule has 0 atom stereocenters. The number of fused-ring (bicyclic) bond motifs is 1. The number of nitrogens with zero attached hydrogens (tertiary/aromatic N) is 1. The summed E-state index contributed by atoms with van der Waals surface area (Å²) in [6.07, 6.45) is 3.69. The van der Waals surface area contributed by atoms with Crippen LogP contribution in [0.5, 0.6) is 11.5 Å². The summed E-state index contributed by atoms with van der Waals surface area (Å²) in [5.41, 5.74) is 2.04. The summed E-state index contributed by atoms with van der Waals surface area (Å²) in [5.74, 6) is -0.0472. The van der Waals surface area contributed by atoms with E-state index in [9.17, 15) is 10.2 Å². The van der Waals surface area contributed by atoms with Gasteiger partial charge in [0, 0.05) is 12.1 Å². The molecule has 3 heteroatoms. The predicted octanol–water partition coefficient (Wildman–Crippen LogP) is 3.20. The van der Waals surface area contributed by atoms with Gasteiger partial charge in [-0.25, -0.2) is 0 Å². The van der Waals surface area contributed by atoms with Gasteiger partial charge >= 0.3 is 0 Å². The number of hydrogen-bond acceptors (Lipinski definition) is 3. The highest BCUT2D eigenvalue weighted by atomic mass is 16.3. The molecule has 0 spiro atoms. The molecule has 2 N–H and O–H groups in total. The molecule has 2 aromatic carbocycles. The van der Waals surface area contributed by atoms with E-state index in [1.165, 1.54) is 31.5 Å². The number of aromatic hydroxyl groups is 2. The highest BCUT2D eigenvalue weighted by Gasteiger charge is 2.12. The molecule has 1 aliphatic heterocycles. The number of rotatable bonds is 3. The quantitative estimate of drug-likeness (QED) is 0.843. The minimum Gasteiger partial charge on any atom is -0.504 e. The van der Waals surface area contributed by atoms with Crippen LogP contribution >= 0.6 is 0 Å². The van der Waals surface area contributed by atoms with Gasteiger partial charge in [0.25, 0.3) is 0 Å². The lowest BCUT2D eigenvalue weighted by molar-refractivity contribution is 0.343. The van der Waals surface area contributed by atoms with E-state index in [-0.39, 0.29) is 11.5 Å². The lowest BCUT2D eigenvalue weighted by Crippen LogP contribution is -2.21. The number of aryl methyl sites for hydroxylation is 1. The Morgan fingerprint density at radius 3 is 2.60 bits per heavy atom. The molecule has 0 saturated carbocycles. The summed E-state index contributed by atoms with van der Waals surface area (Å²) in [5, 5.41) is 21.5. The van der Waals surface area contributed by atoms with Gasteiger partial charge in [0.2, 0.25) is 0 Å². The summed E-state index contributed by atoms with van der Waals surface area (Å²) >= 11 is 0. The highest BCUT2D eigenvalue weighted by Crippen LogP contribution is 2.35. The van der Waals surface area contributed by atoms with Gasteiger partial charge in [0.05, 0.1) is 0 Å². The van der Waals surface area contributed by atoms with Crippen LogP contribution < -0.4 is 0 Å². The number of likely N-dealkylation sites (tertiary alicyclic amines) is 1. The van der Waals surface area contributed by atoms with E-state index in [1.807, 2.05) is 13.0 Å². The Bertz CT molecular complexity index is 630. The van der Waals surface area contributed by atoms with Crippen LogP contribution in [0.3, 0.4) is 0 Å². The Balaban J connectivity index is 1.86. The largest absolute Gasteiger partial charge is 0.504 e. The molecule has 0 bridgehead atoms. The molecule has 1 saturated heterocycles. The number of phenols is 2. The predicted molar refractivity (Wildman–Crippen MR) is 81.4 cm³/mol. The third kappa shape index (κ3) is 2.46. The molecule has 20 heavy (non-hydrogen) atoms. The van der Waals surface area contributed by atoms with E-state index in [4.69, 9.17) is 0 Å². The molecule has 3 rings (SSSR count). The molecule has 2 aromatic rings. The van der Waals surface area contributed by atoms with E-state index < -0.39 is 0 Å². The van der Waals surface area contributed by atoms with Gasteiger partial charge in [0.1, 0.15) is 0 Å². The fourth-order valence-corrected chi connectivity index (χ4v) is 3.04. The summed E-state index contributed by atoms with van der Waals surface area (Å²) in [6.45, 7) is 5.40. The topological polar surface area (TPSA) is 43.7 Å². The minimum atomic E-state index is -0.0418. The van der Waals surface area contributed by atoms with Gasteiger partial charge in [-0.15, -0.1) is 0 Å². The molecule has 3 nitrogen and oxygen atoms in total. The molecule has 1 fully saturated rings. The smallest absolute Gasteiger partial charge is 0.161 e. The molecule has 1 heterocycles. The SMILES string of the molecule is Cc1c(O)c(O)cc2ccc(CCN3CCCC3)cc12. The fourth-order valence-electron chi connectivity index (χ4n) is 3.04. The van der Waals surface area contributed by atoms with Crippen molar-refractivity contribution in [3.63, 3.8) is 0 Å². The van der Waals surface area contributed by atoms with Crippen molar-refractivity contribution in [2.75, 3.05) is 19.6 Å². The standard InChI is InChI=1S/C17H21NO2/c1-12-15-10-13(6-9-18-7-2-3-8-18)4-5-14(15)11-16(19)17(12)20/h4-5,10-11,19-20H,2-3,6-9H2,1H3. The Morgan fingerprint density at radius 1 is 1.10 bits per heavy atom. The van der Waals surface area contributed by atoms with Crippen LogP contribution in [0.2, 0.25) is 0 Å². The first-order valence-electron chi connectivity index (χ1n) is 7.31. The van der Waals surface area contributed by atoms with E-state index in [0.717, 1.165) is 29.3 Å². The zero-order chi connectivity index (χ0) is 14.1. The molecule has 106 valence electrons. The van der Waals surface area contributed by atoms with Crippen LogP contribution in [-0.4, -0.2) is 34.7 Å².